The van der Waals surface area contributed by atoms with Gasteiger partial charge >= 0.3 is 0 Å². The van der Waals surface area contributed by atoms with Crippen LogP contribution in [0.5, 0.6) is 0 Å². The van der Waals surface area contributed by atoms with Gasteiger partial charge in [0.2, 0.25) is 0 Å². The van der Waals surface area contributed by atoms with Crippen molar-refractivity contribution >= 4 is 5.91 Å². The molecule has 19 heavy (non-hydrogen) atoms. The predicted molar refractivity (Wildman–Crippen MR) is 76.2 cm³/mol. The number of aromatic nitrogens is 1. The van der Waals surface area contributed by atoms with Gasteiger partial charge in [-0.1, -0.05) is 13.0 Å². The maximum Gasteiger partial charge on any atom is 0.270 e. The molecule has 0 aliphatic carbocycles. The lowest BCUT2D eigenvalue weighted by Crippen LogP contribution is -2.52. The Kier molecular flexibility index (Phi) is 4.20. The van der Waals surface area contributed by atoms with Crippen LogP contribution >= 0.6 is 0 Å². The van der Waals surface area contributed by atoms with E-state index < -0.39 is 0 Å². The van der Waals surface area contributed by atoms with E-state index in [-0.39, 0.29) is 11.4 Å². The summed E-state index contributed by atoms with van der Waals surface area (Å²) in [4.78, 5) is 19.0. The van der Waals surface area contributed by atoms with Crippen molar-refractivity contribution in [1.82, 2.24) is 15.2 Å². The zero-order valence-corrected chi connectivity index (χ0v) is 12.1. The lowest BCUT2D eigenvalue weighted by atomic mass is 9.89. The minimum Gasteiger partial charge on any atom is -0.345 e. The molecule has 1 aromatic rings. The smallest absolute Gasteiger partial charge is 0.270 e. The quantitative estimate of drug-likeness (QED) is 0.903. The molecule has 0 atom stereocenters. The number of amides is 1. The first-order valence-electron chi connectivity index (χ1n) is 6.99. The molecule has 1 aliphatic rings. The number of nitrogens with one attached hydrogen (secondary N) is 1. The normalized spacial score (nSPS) is 19.1. The second-order valence-electron chi connectivity index (χ2n) is 5.69. The Labute approximate surface area is 115 Å². The van der Waals surface area contributed by atoms with Gasteiger partial charge in [0.05, 0.1) is 0 Å². The summed E-state index contributed by atoms with van der Waals surface area (Å²) in [7, 11) is 2.12. The summed E-state index contributed by atoms with van der Waals surface area (Å²) in [5, 5.41) is 3.16. The van der Waals surface area contributed by atoms with Crippen LogP contribution in [0.4, 0.5) is 0 Å². The average Bonchev–Trinajstić information content (AvgIpc) is 2.42. The van der Waals surface area contributed by atoms with Gasteiger partial charge in [0.1, 0.15) is 5.69 Å². The van der Waals surface area contributed by atoms with Crippen LogP contribution < -0.4 is 5.32 Å². The summed E-state index contributed by atoms with van der Waals surface area (Å²) < 4.78 is 0. The van der Waals surface area contributed by atoms with E-state index in [1.807, 2.05) is 19.1 Å². The molecule has 0 radical (unpaired) electrons. The van der Waals surface area contributed by atoms with Crippen molar-refractivity contribution in [2.45, 2.75) is 38.6 Å². The highest BCUT2D eigenvalue weighted by Gasteiger charge is 2.30. The number of aryl methyl sites for hydroxylation is 1. The number of rotatable bonds is 3. The second kappa shape index (κ2) is 5.70. The fourth-order valence-electron chi connectivity index (χ4n) is 2.38. The summed E-state index contributed by atoms with van der Waals surface area (Å²) >= 11 is 0. The molecular formula is C15H23N3O. The molecule has 0 aromatic carbocycles. The Morgan fingerprint density at radius 1 is 1.42 bits per heavy atom. The van der Waals surface area contributed by atoms with Crippen molar-refractivity contribution in [2.75, 3.05) is 20.1 Å². The van der Waals surface area contributed by atoms with Gasteiger partial charge in [0.15, 0.2) is 0 Å². The van der Waals surface area contributed by atoms with E-state index in [0.29, 0.717) is 5.69 Å². The summed E-state index contributed by atoms with van der Waals surface area (Å²) in [6, 6.07) is 5.64. The molecule has 0 bridgehead atoms. The lowest BCUT2D eigenvalue weighted by molar-refractivity contribution is 0.0846. The van der Waals surface area contributed by atoms with Crippen LogP contribution in [0.3, 0.4) is 0 Å². The van der Waals surface area contributed by atoms with E-state index in [1.165, 1.54) is 0 Å². The Morgan fingerprint density at radius 2 is 2.11 bits per heavy atom. The molecule has 0 saturated carbocycles. The largest absolute Gasteiger partial charge is 0.345 e. The predicted octanol–water partition coefficient (Wildman–Crippen LogP) is 1.86. The highest BCUT2D eigenvalue weighted by Crippen LogP contribution is 2.21. The van der Waals surface area contributed by atoms with Gasteiger partial charge in [-0.25, -0.2) is 4.98 Å². The summed E-state index contributed by atoms with van der Waals surface area (Å²) in [6.07, 6.45) is 2.83. The minimum absolute atomic E-state index is 0.0534. The molecule has 1 fully saturated rings. The number of piperidine rings is 1. The molecule has 0 unspecified atom stereocenters. The number of nitrogens with zero attached hydrogens (tertiary/aromatic N) is 2. The van der Waals surface area contributed by atoms with Crippen molar-refractivity contribution in [1.29, 1.82) is 0 Å². The Hall–Kier alpha value is -1.42. The van der Waals surface area contributed by atoms with Crippen molar-refractivity contribution < 1.29 is 4.79 Å². The SMILES string of the molecule is CCc1cccc(C(=O)NC2(C)CCN(C)CC2)n1. The molecule has 1 N–H and O–H groups in total. The number of carbonyl (C=O) groups is 1. The van der Waals surface area contributed by atoms with Crippen LogP contribution in [0.2, 0.25) is 0 Å². The maximum atomic E-state index is 12.3. The second-order valence-corrected chi connectivity index (χ2v) is 5.69. The fraction of sp³-hybridized carbons (Fsp3) is 0.600. The van der Waals surface area contributed by atoms with E-state index in [2.05, 4.69) is 29.2 Å². The molecule has 104 valence electrons. The average molecular weight is 261 g/mol. The highest BCUT2D eigenvalue weighted by atomic mass is 16.2. The van der Waals surface area contributed by atoms with Crippen LogP contribution in [0.15, 0.2) is 18.2 Å². The first-order chi connectivity index (χ1) is 9.02. The Bertz CT molecular complexity index is 450. The zero-order chi connectivity index (χ0) is 13.9. The maximum absolute atomic E-state index is 12.3. The van der Waals surface area contributed by atoms with E-state index in [4.69, 9.17) is 0 Å². The number of likely N-dealkylation sites (tertiary alicyclic amines) is 1. The zero-order valence-electron chi connectivity index (χ0n) is 12.1. The van der Waals surface area contributed by atoms with E-state index >= 15 is 0 Å². The molecule has 2 heterocycles. The van der Waals surface area contributed by atoms with Crippen molar-refractivity contribution in [3.63, 3.8) is 0 Å². The van der Waals surface area contributed by atoms with Gasteiger partial charge < -0.3 is 10.2 Å². The summed E-state index contributed by atoms with van der Waals surface area (Å²) in [5.74, 6) is -0.0534. The number of carbonyl (C=O) groups excluding carboxylic acids is 1. The highest BCUT2D eigenvalue weighted by molar-refractivity contribution is 5.92. The van der Waals surface area contributed by atoms with E-state index in [9.17, 15) is 4.79 Å². The van der Waals surface area contributed by atoms with Gasteiger partial charge in [0, 0.05) is 24.3 Å². The molecule has 1 saturated heterocycles. The van der Waals surface area contributed by atoms with Crippen LogP contribution in [0, 0.1) is 0 Å². The molecule has 4 heteroatoms. The fourth-order valence-corrected chi connectivity index (χ4v) is 2.38. The molecule has 4 nitrogen and oxygen atoms in total. The molecule has 1 aliphatic heterocycles. The van der Waals surface area contributed by atoms with Gasteiger partial charge in [-0.3, -0.25) is 4.79 Å². The van der Waals surface area contributed by atoms with E-state index in [0.717, 1.165) is 38.0 Å². The third kappa shape index (κ3) is 3.53. The Balaban J connectivity index is 2.04. The summed E-state index contributed by atoms with van der Waals surface area (Å²) in [5.41, 5.74) is 1.38. The standard InChI is InChI=1S/C15H23N3O/c1-4-12-6-5-7-13(16-12)14(19)17-15(2)8-10-18(3)11-9-15/h5-7H,4,8-11H2,1-3H3,(H,17,19). The minimum atomic E-state index is -0.104. The van der Waals surface area contributed by atoms with Crippen molar-refractivity contribution in [3.05, 3.63) is 29.6 Å². The number of pyridine rings is 1. The third-order valence-electron chi connectivity index (χ3n) is 3.91. The number of hydrogen-bond donors (Lipinski definition) is 1. The first-order valence-corrected chi connectivity index (χ1v) is 6.99. The molecule has 0 spiro atoms. The van der Waals surface area contributed by atoms with Crippen LogP contribution in [-0.2, 0) is 6.42 Å². The summed E-state index contributed by atoms with van der Waals surface area (Å²) in [6.45, 7) is 6.22. The van der Waals surface area contributed by atoms with Crippen LogP contribution in [-0.4, -0.2) is 41.5 Å². The molecule has 1 aromatic heterocycles. The third-order valence-corrected chi connectivity index (χ3v) is 3.91. The Morgan fingerprint density at radius 3 is 2.74 bits per heavy atom. The first kappa shape index (κ1) is 14.0. The topological polar surface area (TPSA) is 45.2 Å². The molecular weight excluding hydrogens is 238 g/mol. The lowest BCUT2D eigenvalue weighted by Gasteiger charge is -2.38. The molecule has 1 amide bonds. The van der Waals surface area contributed by atoms with E-state index in [1.54, 1.807) is 6.07 Å². The van der Waals surface area contributed by atoms with Crippen molar-refractivity contribution in [3.8, 4) is 0 Å². The van der Waals surface area contributed by atoms with Gasteiger partial charge in [0.25, 0.3) is 5.91 Å². The van der Waals surface area contributed by atoms with Crippen molar-refractivity contribution in [2.24, 2.45) is 0 Å². The van der Waals surface area contributed by atoms with Crippen LogP contribution in [0.1, 0.15) is 42.9 Å². The monoisotopic (exact) mass is 261 g/mol. The number of hydrogen-bond acceptors (Lipinski definition) is 3. The van der Waals surface area contributed by atoms with Crippen LogP contribution in [0.25, 0.3) is 0 Å². The van der Waals surface area contributed by atoms with Gasteiger partial charge in [-0.05, 0) is 45.4 Å². The van der Waals surface area contributed by atoms with Gasteiger partial charge in [-0.15, -0.1) is 0 Å². The van der Waals surface area contributed by atoms with Gasteiger partial charge in [-0.2, -0.15) is 0 Å². The molecule has 2 rings (SSSR count).